The van der Waals surface area contributed by atoms with E-state index in [1.165, 1.54) is 0 Å². The topological polar surface area (TPSA) is 71.0 Å². The highest BCUT2D eigenvalue weighted by Crippen LogP contribution is 2.37. The van der Waals surface area contributed by atoms with Gasteiger partial charge in [-0.1, -0.05) is 6.92 Å². The van der Waals surface area contributed by atoms with Crippen molar-refractivity contribution in [1.82, 2.24) is 10.2 Å². The number of phenols is 1. The highest BCUT2D eigenvalue weighted by Gasteiger charge is 2.18. The van der Waals surface area contributed by atoms with Crippen LogP contribution in [0, 0.1) is 0 Å². The fourth-order valence-electron chi connectivity index (χ4n) is 2.01. The van der Waals surface area contributed by atoms with Crippen LogP contribution < -0.4 is 14.8 Å². The first-order valence-electron chi connectivity index (χ1n) is 6.67. The Morgan fingerprint density at radius 2 is 2.10 bits per heavy atom. The van der Waals surface area contributed by atoms with E-state index in [9.17, 15) is 9.90 Å². The molecule has 1 aromatic carbocycles. The second kappa shape index (κ2) is 6.47. The molecule has 0 spiro atoms. The van der Waals surface area contributed by atoms with Gasteiger partial charge in [0.15, 0.2) is 11.5 Å². The molecular formula is C14H20N2O4. The van der Waals surface area contributed by atoms with Crippen LogP contribution in [-0.4, -0.2) is 42.8 Å². The van der Waals surface area contributed by atoms with E-state index in [0.29, 0.717) is 30.2 Å². The third-order valence-electron chi connectivity index (χ3n) is 3.00. The molecule has 6 nitrogen and oxygen atoms in total. The standard InChI is InChI=1S/C14H20N2O4/c1-3-4-15-14(18)8-16(2)7-10-5-12-13(6-11(10)17)20-9-19-12/h5-6,17H,3-4,7-9H2,1-2H3,(H,15,18). The van der Waals surface area contributed by atoms with E-state index >= 15 is 0 Å². The van der Waals surface area contributed by atoms with Crippen molar-refractivity contribution in [2.75, 3.05) is 26.9 Å². The molecule has 110 valence electrons. The number of fused-ring (bicyclic) bond motifs is 1. The Hall–Kier alpha value is -1.95. The Bertz CT molecular complexity index is 490. The van der Waals surface area contributed by atoms with Gasteiger partial charge in [0.1, 0.15) is 5.75 Å². The van der Waals surface area contributed by atoms with Crippen LogP contribution in [-0.2, 0) is 11.3 Å². The lowest BCUT2D eigenvalue weighted by molar-refractivity contribution is -0.122. The van der Waals surface area contributed by atoms with Crippen molar-refractivity contribution >= 4 is 5.91 Å². The van der Waals surface area contributed by atoms with Gasteiger partial charge >= 0.3 is 0 Å². The number of rotatable bonds is 6. The van der Waals surface area contributed by atoms with Crippen LogP contribution in [0.15, 0.2) is 12.1 Å². The van der Waals surface area contributed by atoms with Gasteiger partial charge in [-0.2, -0.15) is 0 Å². The lowest BCUT2D eigenvalue weighted by Gasteiger charge is -2.17. The zero-order valence-electron chi connectivity index (χ0n) is 11.8. The van der Waals surface area contributed by atoms with Gasteiger partial charge in [-0.3, -0.25) is 9.69 Å². The quantitative estimate of drug-likeness (QED) is 0.816. The van der Waals surface area contributed by atoms with Gasteiger partial charge in [0.05, 0.1) is 6.54 Å². The normalized spacial score (nSPS) is 12.8. The third-order valence-corrected chi connectivity index (χ3v) is 3.00. The van der Waals surface area contributed by atoms with E-state index in [2.05, 4.69) is 5.32 Å². The summed E-state index contributed by atoms with van der Waals surface area (Å²) in [4.78, 5) is 13.5. The van der Waals surface area contributed by atoms with E-state index in [1.807, 2.05) is 18.9 Å². The molecule has 0 radical (unpaired) electrons. The van der Waals surface area contributed by atoms with Crippen molar-refractivity contribution in [3.05, 3.63) is 17.7 Å². The van der Waals surface area contributed by atoms with Crippen LogP contribution in [0.5, 0.6) is 17.2 Å². The average molecular weight is 280 g/mol. The van der Waals surface area contributed by atoms with Crippen LogP contribution in [0.2, 0.25) is 0 Å². The Labute approximate surface area is 118 Å². The van der Waals surface area contributed by atoms with Crippen molar-refractivity contribution in [2.45, 2.75) is 19.9 Å². The molecule has 0 aromatic heterocycles. The first kappa shape index (κ1) is 14.5. The number of hydrogen-bond acceptors (Lipinski definition) is 5. The Kier molecular flexibility index (Phi) is 4.68. The smallest absolute Gasteiger partial charge is 0.234 e. The molecule has 0 saturated carbocycles. The zero-order chi connectivity index (χ0) is 14.5. The maximum Gasteiger partial charge on any atom is 0.234 e. The number of nitrogens with one attached hydrogen (secondary N) is 1. The molecule has 0 aliphatic carbocycles. The molecule has 1 aromatic rings. The summed E-state index contributed by atoms with van der Waals surface area (Å²) in [6.07, 6.45) is 0.915. The zero-order valence-corrected chi connectivity index (χ0v) is 11.8. The molecular weight excluding hydrogens is 260 g/mol. The molecule has 1 amide bonds. The van der Waals surface area contributed by atoms with E-state index < -0.39 is 0 Å². The average Bonchev–Trinajstić information content (AvgIpc) is 2.83. The van der Waals surface area contributed by atoms with Gasteiger partial charge in [-0.25, -0.2) is 0 Å². The van der Waals surface area contributed by atoms with Crippen LogP contribution >= 0.6 is 0 Å². The number of amides is 1. The first-order valence-corrected chi connectivity index (χ1v) is 6.67. The first-order chi connectivity index (χ1) is 9.60. The van der Waals surface area contributed by atoms with Crippen molar-refractivity contribution in [3.63, 3.8) is 0 Å². The number of ether oxygens (including phenoxy) is 2. The predicted octanol–water partition coefficient (Wildman–Crippen LogP) is 1.08. The Balaban J connectivity index is 1.94. The molecule has 20 heavy (non-hydrogen) atoms. The number of phenolic OH excluding ortho intramolecular Hbond substituents is 1. The maximum atomic E-state index is 11.6. The number of nitrogens with zero attached hydrogens (tertiary/aromatic N) is 1. The molecule has 0 unspecified atom stereocenters. The maximum absolute atomic E-state index is 11.6. The Morgan fingerprint density at radius 3 is 2.80 bits per heavy atom. The number of likely N-dealkylation sites (N-methyl/N-ethyl adjacent to an activating group) is 1. The van der Waals surface area contributed by atoms with Gasteiger partial charge in [0, 0.05) is 24.7 Å². The van der Waals surface area contributed by atoms with Gasteiger partial charge in [-0.05, 0) is 19.5 Å². The van der Waals surface area contributed by atoms with Crippen LogP contribution in [0.25, 0.3) is 0 Å². The van der Waals surface area contributed by atoms with Crippen molar-refractivity contribution < 1.29 is 19.4 Å². The molecule has 6 heteroatoms. The highest BCUT2D eigenvalue weighted by molar-refractivity contribution is 5.77. The van der Waals surface area contributed by atoms with Crippen LogP contribution in [0.1, 0.15) is 18.9 Å². The molecule has 1 heterocycles. The number of benzene rings is 1. The number of aromatic hydroxyl groups is 1. The lowest BCUT2D eigenvalue weighted by Crippen LogP contribution is -2.35. The van der Waals surface area contributed by atoms with Crippen molar-refractivity contribution in [1.29, 1.82) is 0 Å². The number of carbonyl (C=O) groups is 1. The second-order valence-corrected chi connectivity index (χ2v) is 4.86. The molecule has 2 rings (SSSR count). The van der Waals surface area contributed by atoms with Crippen LogP contribution in [0.4, 0.5) is 0 Å². The number of carbonyl (C=O) groups excluding carboxylic acids is 1. The third kappa shape index (κ3) is 3.54. The van der Waals surface area contributed by atoms with E-state index in [4.69, 9.17) is 9.47 Å². The predicted molar refractivity (Wildman–Crippen MR) is 73.9 cm³/mol. The minimum absolute atomic E-state index is 0.0189. The van der Waals surface area contributed by atoms with Gasteiger partial charge in [0.2, 0.25) is 12.7 Å². The second-order valence-electron chi connectivity index (χ2n) is 4.86. The molecule has 0 saturated heterocycles. The fourth-order valence-corrected chi connectivity index (χ4v) is 2.01. The molecule has 2 N–H and O–H groups in total. The molecule has 1 aliphatic heterocycles. The lowest BCUT2D eigenvalue weighted by atomic mass is 10.1. The molecule has 0 bridgehead atoms. The van der Waals surface area contributed by atoms with E-state index in [1.54, 1.807) is 12.1 Å². The molecule has 1 aliphatic rings. The minimum atomic E-state index is -0.0189. The fraction of sp³-hybridized carbons (Fsp3) is 0.500. The minimum Gasteiger partial charge on any atom is -0.507 e. The summed E-state index contributed by atoms with van der Waals surface area (Å²) in [6, 6.07) is 3.29. The van der Waals surface area contributed by atoms with Gasteiger partial charge in [-0.15, -0.1) is 0 Å². The summed E-state index contributed by atoms with van der Waals surface area (Å²) < 4.78 is 10.5. The highest BCUT2D eigenvalue weighted by atomic mass is 16.7. The van der Waals surface area contributed by atoms with E-state index in [-0.39, 0.29) is 25.0 Å². The van der Waals surface area contributed by atoms with Crippen molar-refractivity contribution in [3.8, 4) is 17.2 Å². The molecule has 0 atom stereocenters. The SMILES string of the molecule is CCCNC(=O)CN(C)Cc1cc2c(cc1O)OCO2. The summed E-state index contributed by atoms with van der Waals surface area (Å²) in [7, 11) is 1.83. The summed E-state index contributed by atoms with van der Waals surface area (Å²) in [6.45, 7) is 3.61. The summed E-state index contributed by atoms with van der Waals surface area (Å²) >= 11 is 0. The molecule has 0 fully saturated rings. The van der Waals surface area contributed by atoms with Crippen molar-refractivity contribution in [2.24, 2.45) is 0 Å². The van der Waals surface area contributed by atoms with Gasteiger partial charge < -0.3 is 19.9 Å². The Morgan fingerprint density at radius 1 is 1.40 bits per heavy atom. The van der Waals surface area contributed by atoms with Gasteiger partial charge in [0.25, 0.3) is 0 Å². The summed E-state index contributed by atoms with van der Waals surface area (Å²) in [5.74, 6) is 1.31. The summed E-state index contributed by atoms with van der Waals surface area (Å²) in [5, 5.41) is 12.8. The summed E-state index contributed by atoms with van der Waals surface area (Å²) in [5.41, 5.74) is 0.708. The largest absolute Gasteiger partial charge is 0.507 e. The van der Waals surface area contributed by atoms with Crippen LogP contribution in [0.3, 0.4) is 0 Å². The number of hydrogen-bond donors (Lipinski definition) is 2. The van der Waals surface area contributed by atoms with E-state index in [0.717, 1.165) is 6.42 Å². The monoisotopic (exact) mass is 280 g/mol.